The smallest absolute Gasteiger partial charge is 0.213 e. The molecule has 3 aromatic rings. The second-order valence-corrected chi connectivity index (χ2v) is 6.91. The molecule has 0 amide bonds. The fourth-order valence-electron chi connectivity index (χ4n) is 3.27. The van der Waals surface area contributed by atoms with E-state index in [1.165, 1.54) is 38.3 Å². The van der Waals surface area contributed by atoms with Crippen molar-refractivity contribution in [3.63, 3.8) is 0 Å². The molecule has 0 aliphatic heterocycles. The van der Waals surface area contributed by atoms with Crippen LogP contribution in [-0.2, 0) is 0 Å². The first kappa shape index (κ1) is 14.4. The van der Waals surface area contributed by atoms with Gasteiger partial charge in [0, 0.05) is 11.5 Å². The van der Waals surface area contributed by atoms with Crippen molar-refractivity contribution in [2.24, 2.45) is 5.16 Å². The number of oxime groups is 1. The van der Waals surface area contributed by atoms with Gasteiger partial charge in [-0.2, -0.15) is 5.10 Å². The topological polar surface area (TPSA) is 62.8 Å². The number of aromatic nitrogens is 3. The Bertz CT molecular complexity index is 831. The number of imidazole rings is 1. The third-order valence-corrected chi connectivity index (χ3v) is 5.51. The van der Waals surface area contributed by atoms with Gasteiger partial charge in [0.15, 0.2) is 0 Å². The molecule has 0 spiro atoms. The second kappa shape index (κ2) is 6.12. The summed E-state index contributed by atoms with van der Waals surface area (Å²) in [5.74, 6) is 0.551. The molecular formula is C17H18N4OS. The second-order valence-electron chi connectivity index (χ2n) is 5.93. The average Bonchev–Trinajstić information content (AvgIpc) is 3.16. The van der Waals surface area contributed by atoms with E-state index in [0.717, 1.165) is 26.9 Å². The predicted octanol–water partition coefficient (Wildman–Crippen LogP) is 4.31. The van der Waals surface area contributed by atoms with Crippen LogP contribution in [0.2, 0.25) is 0 Å². The summed E-state index contributed by atoms with van der Waals surface area (Å²) >= 11 is 1.66. The fourth-order valence-corrected chi connectivity index (χ4v) is 4.35. The van der Waals surface area contributed by atoms with E-state index in [0.29, 0.717) is 5.92 Å². The molecule has 118 valence electrons. The lowest BCUT2D eigenvalue weighted by molar-refractivity contribution is 0.321. The zero-order valence-electron chi connectivity index (χ0n) is 12.7. The van der Waals surface area contributed by atoms with Gasteiger partial charge in [-0.25, -0.2) is 9.50 Å². The molecule has 2 heterocycles. The summed E-state index contributed by atoms with van der Waals surface area (Å²) in [7, 11) is 0. The van der Waals surface area contributed by atoms with Gasteiger partial charge in [0.2, 0.25) is 4.96 Å². The summed E-state index contributed by atoms with van der Waals surface area (Å²) in [6, 6.07) is 9.93. The maximum Gasteiger partial charge on any atom is 0.213 e. The molecule has 2 aromatic heterocycles. The Labute approximate surface area is 138 Å². The maximum atomic E-state index is 9.03. The monoisotopic (exact) mass is 326 g/mol. The Morgan fingerprint density at radius 1 is 1.17 bits per heavy atom. The normalized spacial score (nSPS) is 16.5. The molecule has 0 radical (unpaired) electrons. The van der Waals surface area contributed by atoms with Crippen LogP contribution in [0, 0.1) is 0 Å². The van der Waals surface area contributed by atoms with Crippen molar-refractivity contribution in [1.82, 2.24) is 14.6 Å². The van der Waals surface area contributed by atoms with Crippen LogP contribution < -0.4 is 0 Å². The first-order valence-electron chi connectivity index (χ1n) is 7.99. The molecular weight excluding hydrogens is 308 g/mol. The van der Waals surface area contributed by atoms with Gasteiger partial charge >= 0.3 is 0 Å². The van der Waals surface area contributed by atoms with Crippen molar-refractivity contribution < 1.29 is 5.21 Å². The summed E-state index contributed by atoms with van der Waals surface area (Å²) in [6.07, 6.45) is 7.75. The molecule has 6 heteroatoms. The van der Waals surface area contributed by atoms with Crippen LogP contribution in [0.25, 0.3) is 16.2 Å². The fraction of sp³-hybridized carbons (Fsp3) is 0.353. The van der Waals surface area contributed by atoms with Crippen molar-refractivity contribution in [2.75, 3.05) is 0 Å². The zero-order chi connectivity index (χ0) is 15.6. The predicted molar refractivity (Wildman–Crippen MR) is 91.5 cm³/mol. The quantitative estimate of drug-likeness (QED) is 0.443. The van der Waals surface area contributed by atoms with Crippen LogP contribution in [0.5, 0.6) is 0 Å². The minimum atomic E-state index is 0.551. The number of nitrogens with zero attached hydrogens (tertiary/aromatic N) is 4. The highest BCUT2D eigenvalue weighted by molar-refractivity contribution is 7.16. The average molecular weight is 326 g/mol. The molecule has 1 N–H and O–H groups in total. The van der Waals surface area contributed by atoms with E-state index in [-0.39, 0.29) is 0 Å². The lowest BCUT2D eigenvalue weighted by Crippen LogP contribution is -2.05. The molecule has 0 bridgehead atoms. The third-order valence-electron chi connectivity index (χ3n) is 4.44. The number of hydrogen-bond donors (Lipinski definition) is 1. The van der Waals surface area contributed by atoms with Crippen LogP contribution in [0.4, 0.5) is 0 Å². The highest BCUT2D eigenvalue weighted by Gasteiger charge is 2.22. The first-order chi connectivity index (χ1) is 11.4. The maximum absolute atomic E-state index is 9.03. The summed E-state index contributed by atoms with van der Waals surface area (Å²) in [5, 5.41) is 18.2. The van der Waals surface area contributed by atoms with E-state index in [4.69, 9.17) is 15.3 Å². The minimum Gasteiger partial charge on any atom is -0.411 e. The molecule has 1 aliphatic rings. The van der Waals surface area contributed by atoms with Gasteiger partial charge in [-0.15, -0.1) is 0 Å². The van der Waals surface area contributed by atoms with Crippen LogP contribution in [0.3, 0.4) is 0 Å². The van der Waals surface area contributed by atoms with Gasteiger partial charge < -0.3 is 5.21 Å². The van der Waals surface area contributed by atoms with E-state index in [1.54, 1.807) is 11.3 Å². The highest BCUT2D eigenvalue weighted by Crippen LogP contribution is 2.36. The third kappa shape index (κ3) is 2.63. The van der Waals surface area contributed by atoms with Gasteiger partial charge in [0.05, 0.1) is 6.21 Å². The van der Waals surface area contributed by atoms with Crippen LogP contribution in [0.15, 0.2) is 35.5 Å². The largest absolute Gasteiger partial charge is 0.411 e. The molecule has 4 rings (SSSR count). The van der Waals surface area contributed by atoms with Crippen molar-refractivity contribution >= 4 is 22.5 Å². The molecule has 23 heavy (non-hydrogen) atoms. The summed E-state index contributed by atoms with van der Waals surface area (Å²) < 4.78 is 1.82. The Morgan fingerprint density at radius 3 is 2.70 bits per heavy atom. The molecule has 1 fully saturated rings. The number of benzene rings is 1. The van der Waals surface area contributed by atoms with Crippen molar-refractivity contribution in [3.05, 3.63) is 41.0 Å². The molecule has 0 unspecified atom stereocenters. The van der Waals surface area contributed by atoms with Crippen LogP contribution >= 0.6 is 11.3 Å². The molecule has 0 atom stereocenters. The summed E-state index contributed by atoms with van der Waals surface area (Å²) in [4.78, 5) is 5.59. The summed E-state index contributed by atoms with van der Waals surface area (Å²) in [5.41, 5.74) is 2.53. The molecule has 0 saturated heterocycles. The molecule has 1 aliphatic carbocycles. The first-order valence-corrected chi connectivity index (χ1v) is 8.81. The molecule has 1 aromatic carbocycles. The Morgan fingerprint density at radius 2 is 1.96 bits per heavy atom. The van der Waals surface area contributed by atoms with E-state index in [9.17, 15) is 0 Å². The van der Waals surface area contributed by atoms with E-state index >= 15 is 0 Å². The number of fused-ring (bicyclic) bond motifs is 1. The van der Waals surface area contributed by atoms with Crippen LogP contribution in [0.1, 0.15) is 48.7 Å². The van der Waals surface area contributed by atoms with Gasteiger partial charge in [-0.3, -0.25) is 0 Å². The minimum absolute atomic E-state index is 0.551. The molecule has 5 nitrogen and oxygen atoms in total. The van der Waals surface area contributed by atoms with E-state index < -0.39 is 0 Å². The number of rotatable bonds is 3. The van der Waals surface area contributed by atoms with Gasteiger partial charge in [-0.1, -0.05) is 66.1 Å². The SMILES string of the molecule is O/N=C/c1c(-c2ccccc2)nc2sc(C3CCCCC3)nn12. The summed E-state index contributed by atoms with van der Waals surface area (Å²) in [6.45, 7) is 0. The lowest BCUT2D eigenvalue weighted by atomic mass is 9.90. The number of hydrogen-bond acceptors (Lipinski definition) is 5. The van der Waals surface area contributed by atoms with Crippen molar-refractivity contribution in [1.29, 1.82) is 0 Å². The van der Waals surface area contributed by atoms with Gasteiger partial charge in [0.25, 0.3) is 0 Å². The lowest BCUT2D eigenvalue weighted by Gasteiger charge is -2.18. The standard InChI is InChI=1S/C17H18N4OS/c22-18-11-14-15(12-7-3-1-4-8-12)19-17-21(14)20-16(23-17)13-9-5-2-6-10-13/h1,3-4,7-8,11,13,22H,2,5-6,9-10H2/b18-11+. The van der Waals surface area contributed by atoms with Crippen LogP contribution in [-0.4, -0.2) is 26.0 Å². The zero-order valence-corrected chi connectivity index (χ0v) is 13.5. The highest BCUT2D eigenvalue weighted by atomic mass is 32.1. The van der Waals surface area contributed by atoms with E-state index in [1.807, 2.05) is 34.8 Å². The Hall–Kier alpha value is -2.21. The Kier molecular flexibility index (Phi) is 3.83. The molecule has 1 saturated carbocycles. The Balaban J connectivity index is 1.80. The van der Waals surface area contributed by atoms with Gasteiger partial charge in [0.1, 0.15) is 16.4 Å². The van der Waals surface area contributed by atoms with E-state index in [2.05, 4.69) is 5.16 Å². The van der Waals surface area contributed by atoms with Crippen molar-refractivity contribution in [3.8, 4) is 11.3 Å². The van der Waals surface area contributed by atoms with Gasteiger partial charge in [-0.05, 0) is 12.8 Å². The van der Waals surface area contributed by atoms with Crippen molar-refractivity contribution in [2.45, 2.75) is 38.0 Å².